The summed E-state index contributed by atoms with van der Waals surface area (Å²) in [7, 11) is 0. The van der Waals surface area contributed by atoms with Crippen LogP contribution in [0.3, 0.4) is 0 Å². The van der Waals surface area contributed by atoms with Crippen LogP contribution in [0.5, 0.6) is 0 Å². The highest BCUT2D eigenvalue weighted by Crippen LogP contribution is 2.32. The van der Waals surface area contributed by atoms with Gasteiger partial charge in [-0.15, -0.1) is 0 Å². The molecule has 0 bridgehead atoms. The Morgan fingerprint density at radius 1 is 0.962 bits per heavy atom. The third-order valence-corrected chi connectivity index (χ3v) is 4.99. The van der Waals surface area contributed by atoms with E-state index in [1.165, 1.54) is 17.7 Å². The normalized spacial score (nSPS) is 18.0. The first kappa shape index (κ1) is 16.9. The Balaban J connectivity index is 1.56. The van der Waals surface area contributed by atoms with Crippen molar-refractivity contribution in [3.05, 3.63) is 84.1 Å². The first-order valence-corrected chi connectivity index (χ1v) is 9.13. The van der Waals surface area contributed by atoms with Gasteiger partial charge in [-0.25, -0.2) is 4.39 Å². The van der Waals surface area contributed by atoms with Gasteiger partial charge in [0, 0.05) is 37.0 Å². The number of piperidine rings is 1. The van der Waals surface area contributed by atoms with E-state index in [1.54, 1.807) is 24.5 Å². The van der Waals surface area contributed by atoms with Crippen molar-refractivity contribution in [1.29, 1.82) is 0 Å². The molecule has 132 valence electrons. The molecule has 2 aromatic carbocycles. The minimum absolute atomic E-state index is 0.231. The standard InChI is InChI=1S/C22H22FN3/c23-20-10-8-18(9-11-20)21-22(25-13-12-24-21)19-7-4-14-26(16-19)15-17-5-2-1-3-6-17/h1-3,5-6,8-13,19H,4,7,14-16H2. The maximum absolute atomic E-state index is 13.3. The van der Waals surface area contributed by atoms with Gasteiger partial charge in [0.1, 0.15) is 5.82 Å². The van der Waals surface area contributed by atoms with E-state index in [-0.39, 0.29) is 5.82 Å². The van der Waals surface area contributed by atoms with Crippen molar-refractivity contribution in [1.82, 2.24) is 14.9 Å². The minimum Gasteiger partial charge on any atom is -0.298 e. The van der Waals surface area contributed by atoms with Gasteiger partial charge in [-0.05, 0) is 49.2 Å². The van der Waals surface area contributed by atoms with E-state index in [9.17, 15) is 4.39 Å². The van der Waals surface area contributed by atoms with Gasteiger partial charge in [0.15, 0.2) is 0 Å². The molecule has 3 nitrogen and oxygen atoms in total. The maximum atomic E-state index is 13.3. The lowest BCUT2D eigenvalue weighted by Crippen LogP contribution is -2.34. The average Bonchev–Trinajstić information content (AvgIpc) is 2.70. The molecule has 1 aliphatic rings. The predicted octanol–water partition coefficient (Wildman–Crippen LogP) is 4.66. The Hall–Kier alpha value is -2.59. The molecule has 26 heavy (non-hydrogen) atoms. The molecule has 0 spiro atoms. The van der Waals surface area contributed by atoms with E-state index in [1.807, 2.05) is 0 Å². The molecule has 4 heteroatoms. The number of halogens is 1. The molecule has 1 saturated heterocycles. The number of hydrogen-bond donors (Lipinski definition) is 0. The molecule has 1 aliphatic heterocycles. The SMILES string of the molecule is Fc1ccc(-c2nccnc2C2CCCN(Cc3ccccc3)C2)cc1. The highest BCUT2D eigenvalue weighted by Gasteiger charge is 2.25. The number of nitrogens with zero attached hydrogens (tertiary/aromatic N) is 3. The average molecular weight is 347 g/mol. The van der Waals surface area contributed by atoms with Crippen molar-refractivity contribution in [3.8, 4) is 11.3 Å². The Morgan fingerprint density at radius 3 is 2.54 bits per heavy atom. The van der Waals surface area contributed by atoms with Crippen LogP contribution in [0.1, 0.15) is 30.0 Å². The third kappa shape index (κ3) is 3.81. The van der Waals surface area contributed by atoms with Crippen LogP contribution in [0.25, 0.3) is 11.3 Å². The van der Waals surface area contributed by atoms with Crippen molar-refractivity contribution in [2.75, 3.05) is 13.1 Å². The molecular weight excluding hydrogens is 325 g/mol. The second-order valence-electron chi connectivity index (χ2n) is 6.86. The molecule has 1 aromatic heterocycles. The Bertz CT molecular complexity index is 849. The zero-order valence-electron chi connectivity index (χ0n) is 14.7. The van der Waals surface area contributed by atoms with Gasteiger partial charge in [0.25, 0.3) is 0 Å². The fourth-order valence-electron chi connectivity index (χ4n) is 3.74. The highest BCUT2D eigenvalue weighted by atomic mass is 19.1. The molecular formula is C22H22FN3. The lowest BCUT2D eigenvalue weighted by atomic mass is 9.91. The summed E-state index contributed by atoms with van der Waals surface area (Å²) in [5.74, 6) is 0.118. The summed E-state index contributed by atoms with van der Waals surface area (Å²) in [4.78, 5) is 11.7. The molecule has 4 rings (SSSR count). The van der Waals surface area contributed by atoms with Crippen LogP contribution < -0.4 is 0 Å². The first-order chi connectivity index (χ1) is 12.8. The molecule has 0 amide bonds. The van der Waals surface area contributed by atoms with Crippen LogP contribution in [-0.4, -0.2) is 28.0 Å². The van der Waals surface area contributed by atoms with E-state index < -0.39 is 0 Å². The monoisotopic (exact) mass is 347 g/mol. The van der Waals surface area contributed by atoms with Crippen LogP contribution in [0.4, 0.5) is 4.39 Å². The fraction of sp³-hybridized carbons (Fsp3) is 0.273. The van der Waals surface area contributed by atoms with E-state index in [0.717, 1.165) is 49.4 Å². The van der Waals surface area contributed by atoms with Crippen LogP contribution in [-0.2, 0) is 6.54 Å². The Labute approximate surface area is 153 Å². The van der Waals surface area contributed by atoms with Crippen LogP contribution in [0.15, 0.2) is 67.0 Å². The Morgan fingerprint density at radius 2 is 1.73 bits per heavy atom. The summed E-state index contributed by atoms with van der Waals surface area (Å²) in [5, 5.41) is 0. The number of rotatable bonds is 4. The summed E-state index contributed by atoms with van der Waals surface area (Å²) >= 11 is 0. The summed E-state index contributed by atoms with van der Waals surface area (Å²) in [6, 6.07) is 17.1. The molecule has 2 heterocycles. The van der Waals surface area contributed by atoms with E-state index in [4.69, 9.17) is 0 Å². The highest BCUT2D eigenvalue weighted by molar-refractivity contribution is 5.62. The smallest absolute Gasteiger partial charge is 0.123 e. The van der Waals surface area contributed by atoms with Crippen LogP contribution in [0.2, 0.25) is 0 Å². The predicted molar refractivity (Wildman–Crippen MR) is 101 cm³/mol. The second-order valence-corrected chi connectivity index (χ2v) is 6.86. The zero-order chi connectivity index (χ0) is 17.8. The van der Waals surface area contributed by atoms with Gasteiger partial charge in [-0.3, -0.25) is 14.9 Å². The number of aromatic nitrogens is 2. The van der Waals surface area contributed by atoms with Gasteiger partial charge in [-0.1, -0.05) is 30.3 Å². The van der Waals surface area contributed by atoms with E-state index in [0.29, 0.717) is 5.92 Å². The minimum atomic E-state index is -0.231. The van der Waals surface area contributed by atoms with Gasteiger partial charge < -0.3 is 0 Å². The fourth-order valence-corrected chi connectivity index (χ4v) is 3.74. The number of likely N-dealkylation sites (tertiary alicyclic amines) is 1. The topological polar surface area (TPSA) is 29.0 Å². The molecule has 0 radical (unpaired) electrons. The van der Waals surface area contributed by atoms with Crippen molar-refractivity contribution in [3.63, 3.8) is 0 Å². The molecule has 1 fully saturated rings. The van der Waals surface area contributed by atoms with Gasteiger partial charge >= 0.3 is 0 Å². The molecule has 1 unspecified atom stereocenters. The molecule has 0 N–H and O–H groups in total. The third-order valence-electron chi connectivity index (χ3n) is 4.99. The summed E-state index contributed by atoms with van der Waals surface area (Å²) in [5.41, 5.74) is 4.16. The quantitative estimate of drug-likeness (QED) is 0.687. The summed E-state index contributed by atoms with van der Waals surface area (Å²) < 4.78 is 13.3. The Kier molecular flexibility index (Phi) is 5.02. The van der Waals surface area contributed by atoms with Crippen molar-refractivity contribution >= 4 is 0 Å². The van der Waals surface area contributed by atoms with Crippen molar-refractivity contribution in [2.45, 2.75) is 25.3 Å². The van der Waals surface area contributed by atoms with Crippen LogP contribution in [0, 0.1) is 5.82 Å². The molecule has 1 atom stereocenters. The van der Waals surface area contributed by atoms with Gasteiger partial charge in [0.2, 0.25) is 0 Å². The van der Waals surface area contributed by atoms with Gasteiger partial charge in [0.05, 0.1) is 11.4 Å². The van der Waals surface area contributed by atoms with Crippen molar-refractivity contribution < 1.29 is 4.39 Å². The van der Waals surface area contributed by atoms with E-state index in [2.05, 4.69) is 45.2 Å². The van der Waals surface area contributed by atoms with Crippen LogP contribution >= 0.6 is 0 Å². The summed E-state index contributed by atoms with van der Waals surface area (Å²) in [6.45, 7) is 3.04. The molecule has 3 aromatic rings. The second kappa shape index (κ2) is 7.75. The van der Waals surface area contributed by atoms with E-state index >= 15 is 0 Å². The molecule has 0 saturated carbocycles. The van der Waals surface area contributed by atoms with Crippen molar-refractivity contribution in [2.24, 2.45) is 0 Å². The number of benzene rings is 2. The lowest BCUT2D eigenvalue weighted by molar-refractivity contribution is 0.198. The maximum Gasteiger partial charge on any atom is 0.123 e. The lowest BCUT2D eigenvalue weighted by Gasteiger charge is -2.33. The first-order valence-electron chi connectivity index (χ1n) is 9.13. The summed E-state index contributed by atoms with van der Waals surface area (Å²) in [6.07, 6.45) is 5.74. The largest absolute Gasteiger partial charge is 0.298 e. The van der Waals surface area contributed by atoms with Gasteiger partial charge in [-0.2, -0.15) is 0 Å². The molecule has 0 aliphatic carbocycles. The zero-order valence-corrected chi connectivity index (χ0v) is 14.7. The number of hydrogen-bond acceptors (Lipinski definition) is 3.